The maximum Gasteiger partial charge on any atom is 0.274 e. The van der Waals surface area contributed by atoms with Gasteiger partial charge < -0.3 is 10.4 Å². The van der Waals surface area contributed by atoms with Gasteiger partial charge in [0.15, 0.2) is 5.65 Å². The molecule has 0 radical (unpaired) electrons. The van der Waals surface area contributed by atoms with Crippen LogP contribution in [0.25, 0.3) is 11.0 Å². The van der Waals surface area contributed by atoms with Crippen LogP contribution in [0.15, 0.2) is 10.9 Å². The number of carbonyl (C=O) groups excluding carboxylic acids is 1. The minimum atomic E-state index is -0.368. The molecule has 2 aromatic rings. The fourth-order valence-electron chi connectivity index (χ4n) is 2.39. The van der Waals surface area contributed by atoms with E-state index >= 15 is 0 Å². The van der Waals surface area contributed by atoms with Crippen molar-refractivity contribution < 1.29 is 9.90 Å². The molecular weight excluding hydrogens is 272 g/mol. The van der Waals surface area contributed by atoms with Gasteiger partial charge in [-0.2, -0.15) is 0 Å². The smallest absolute Gasteiger partial charge is 0.274 e. The Morgan fingerprint density at radius 2 is 2.33 bits per heavy atom. The number of amides is 1. The molecule has 1 fully saturated rings. The Labute approximate surface area is 121 Å². The second-order valence-electron chi connectivity index (χ2n) is 5.62. The molecule has 1 aliphatic carbocycles. The lowest BCUT2D eigenvalue weighted by atomic mass is 10.1. The van der Waals surface area contributed by atoms with E-state index in [1.165, 1.54) is 4.68 Å². The number of nitrogens with zero attached hydrogens (tertiary/aromatic N) is 2. The summed E-state index contributed by atoms with van der Waals surface area (Å²) in [6, 6.07) is 1.34. The van der Waals surface area contributed by atoms with E-state index in [2.05, 4.69) is 15.4 Å². The van der Waals surface area contributed by atoms with Crippen LogP contribution in [0.2, 0.25) is 0 Å². The van der Waals surface area contributed by atoms with Crippen LogP contribution in [0.4, 0.5) is 0 Å². The summed E-state index contributed by atoms with van der Waals surface area (Å²) in [6.45, 7) is 1.55. The number of aryl methyl sites for hydroxylation is 1. The standard InChI is InChI=1S/C14H18N4O3/c1-7(6-19)15-13(20)9-5-10(8-3-4-8)16-12-11(9)14(21)17-18(12)2/h5,7-8,19H,3-4,6H2,1-2H3,(H,15,20)(H,17,21). The average molecular weight is 290 g/mol. The summed E-state index contributed by atoms with van der Waals surface area (Å²) in [6.07, 6.45) is 2.12. The largest absolute Gasteiger partial charge is 0.394 e. The number of hydrogen-bond donors (Lipinski definition) is 3. The summed E-state index contributed by atoms with van der Waals surface area (Å²) in [4.78, 5) is 28.9. The summed E-state index contributed by atoms with van der Waals surface area (Å²) in [5.41, 5.74) is 1.33. The average Bonchev–Trinajstić information content (AvgIpc) is 3.26. The third-order valence-electron chi connectivity index (χ3n) is 3.73. The number of nitrogens with one attached hydrogen (secondary N) is 2. The third kappa shape index (κ3) is 2.44. The highest BCUT2D eigenvalue weighted by atomic mass is 16.3. The first-order valence-electron chi connectivity index (χ1n) is 7.02. The van der Waals surface area contributed by atoms with Crippen molar-refractivity contribution in [3.8, 4) is 0 Å². The molecule has 0 aliphatic heterocycles. The maximum atomic E-state index is 12.4. The Morgan fingerprint density at radius 1 is 1.62 bits per heavy atom. The molecule has 112 valence electrons. The van der Waals surface area contributed by atoms with Gasteiger partial charge in [0.25, 0.3) is 11.5 Å². The maximum absolute atomic E-state index is 12.4. The van der Waals surface area contributed by atoms with Gasteiger partial charge in [-0.25, -0.2) is 4.98 Å². The fourth-order valence-corrected chi connectivity index (χ4v) is 2.39. The van der Waals surface area contributed by atoms with Crippen molar-refractivity contribution in [2.75, 3.05) is 6.61 Å². The van der Waals surface area contributed by atoms with Crippen LogP contribution >= 0.6 is 0 Å². The molecule has 3 N–H and O–H groups in total. The van der Waals surface area contributed by atoms with Gasteiger partial charge in [-0.15, -0.1) is 0 Å². The number of aliphatic hydroxyl groups excluding tert-OH is 1. The molecule has 1 amide bonds. The van der Waals surface area contributed by atoms with Crippen molar-refractivity contribution in [1.29, 1.82) is 0 Å². The predicted molar refractivity (Wildman–Crippen MR) is 77.3 cm³/mol. The predicted octanol–water partition coefficient (Wildman–Crippen LogP) is 0.250. The third-order valence-corrected chi connectivity index (χ3v) is 3.73. The first-order valence-corrected chi connectivity index (χ1v) is 7.02. The molecule has 7 nitrogen and oxygen atoms in total. The zero-order valence-corrected chi connectivity index (χ0v) is 12.0. The fraction of sp³-hybridized carbons (Fsp3) is 0.500. The van der Waals surface area contributed by atoms with Gasteiger partial charge in [0.1, 0.15) is 0 Å². The highest BCUT2D eigenvalue weighted by molar-refractivity contribution is 6.05. The number of aromatic amines is 1. The number of pyridine rings is 1. The molecule has 1 aliphatic rings. The molecule has 7 heteroatoms. The zero-order chi connectivity index (χ0) is 15.1. The SMILES string of the molecule is CC(CO)NC(=O)c1cc(C2CC2)nc2c1c(=O)[nH]n2C. The van der Waals surface area contributed by atoms with Crippen LogP contribution in [-0.2, 0) is 7.05 Å². The first kappa shape index (κ1) is 13.8. The van der Waals surface area contributed by atoms with Crippen LogP contribution in [0, 0.1) is 0 Å². The van der Waals surface area contributed by atoms with E-state index < -0.39 is 0 Å². The highest BCUT2D eigenvalue weighted by Gasteiger charge is 2.28. The molecule has 2 aromatic heterocycles. The summed E-state index contributed by atoms with van der Waals surface area (Å²) in [5.74, 6) is 0.0174. The van der Waals surface area contributed by atoms with Gasteiger partial charge in [0, 0.05) is 24.7 Å². The molecule has 1 saturated carbocycles. The topological polar surface area (TPSA) is 100 Å². The van der Waals surface area contributed by atoms with Crippen LogP contribution in [0.5, 0.6) is 0 Å². The van der Waals surface area contributed by atoms with E-state index in [0.29, 0.717) is 22.5 Å². The molecule has 21 heavy (non-hydrogen) atoms. The van der Waals surface area contributed by atoms with Gasteiger partial charge in [0.05, 0.1) is 17.6 Å². The Bertz CT molecular complexity index is 757. The Morgan fingerprint density at radius 3 is 2.95 bits per heavy atom. The van der Waals surface area contributed by atoms with Gasteiger partial charge in [0.2, 0.25) is 0 Å². The second kappa shape index (κ2) is 5.00. The van der Waals surface area contributed by atoms with Gasteiger partial charge in [-0.1, -0.05) is 0 Å². The Kier molecular flexibility index (Phi) is 3.29. The van der Waals surface area contributed by atoms with Crippen LogP contribution in [-0.4, -0.2) is 38.4 Å². The Hall–Kier alpha value is -2.15. The molecule has 1 atom stereocenters. The summed E-state index contributed by atoms with van der Waals surface area (Å²) < 4.78 is 1.54. The zero-order valence-electron chi connectivity index (χ0n) is 12.0. The van der Waals surface area contributed by atoms with Gasteiger partial charge in [-0.05, 0) is 25.8 Å². The molecule has 2 heterocycles. The molecule has 0 aromatic carbocycles. The molecular formula is C14H18N4O3. The minimum Gasteiger partial charge on any atom is -0.394 e. The van der Waals surface area contributed by atoms with Crippen LogP contribution < -0.4 is 10.9 Å². The van der Waals surface area contributed by atoms with Crippen molar-refractivity contribution in [1.82, 2.24) is 20.1 Å². The number of aliphatic hydroxyl groups is 1. The number of H-pyrrole nitrogens is 1. The van der Waals surface area contributed by atoms with Crippen molar-refractivity contribution in [2.24, 2.45) is 7.05 Å². The normalized spacial score (nSPS) is 16.1. The monoisotopic (exact) mass is 290 g/mol. The second-order valence-corrected chi connectivity index (χ2v) is 5.62. The van der Waals surface area contributed by atoms with Gasteiger partial charge >= 0.3 is 0 Å². The lowest BCUT2D eigenvalue weighted by Crippen LogP contribution is -2.35. The minimum absolute atomic E-state index is 0.152. The Balaban J connectivity index is 2.14. The lowest BCUT2D eigenvalue weighted by Gasteiger charge is -2.12. The molecule has 3 rings (SSSR count). The van der Waals surface area contributed by atoms with Crippen molar-refractivity contribution in [2.45, 2.75) is 31.7 Å². The molecule has 0 bridgehead atoms. The first-order chi connectivity index (χ1) is 10.0. The summed E-state index contributed by atoms with van der Waals surface area (Å²) in [5, 5.41) is 14.7. The van der Waals surface area contributed by atoms with E-state index in [1.807, 2.05) is 0 Å². The van der Waals surface area contributed by atoms with E-state index in [4.69, 9.17) is 5.11 Å². The van der Waals surface area contributed by atoms with Crippen molar-refractivity contribution in [3.63, 3.8) is 0 Å². The molecule has 1 unspecified atom stereocenters. The number of aromatic nitrogens is 3. The van der Waals surface area contributed by atoms with Crippen molar-refractivity contribution in [3.05, 3.63) is 27.7 Å². The number of fused-ring (bicyclic) bond motifs is 1. The lowest BCUT2D eigenvalue weighted by molar-refractivity contribution is 0.0924. The summed E-state index contributed by atoms with van der Waals surface area (Å²) in [7, 11) is 1.70. The van der Waals surface area contributed by atoms with E-state index in [9.17, 15) is 9.59 Å². The van der Waals surface area contributed by atoms with Crippen LogP contribution in [0.3, 0.4) is 0 Å². The van der Waals surface area contributed by atoms with E-state index in [1.54, 1.807) is 20.0 Å². The van der Waals surface area contributed by atoms with Crippen molar-refractivity contribution >= 4 is 16.9 Å². The van der Waals surface area contributed by atoms with Crippen LogP contribution in [0.1, 0.15) is 41.7 Å². The molecule has 0 spiro atoms. The number of hydrogen-bond acceptors (Lipinski definition) is 4. The highest BCUT2D eigenvalue weighted by Crippen LogP contribution is 2.39. The van der Waals surface area contributed by atoms with E-state index in [-0.39, 0.29) is 24.1 Å². The number of rotatable bonds is 4. The van der Waals surface area contributed by atoms with Gasteiger partial charge in [-0.3, -0.25) is 19.4 Å². The van der Waals surface area contributed by atoms with E-state index in [0.717, 1.165) is 18.5 Å². The quantitative estimate of drug-likeness (QED) is 0.751. The summed E-state index contributed by atoms with van der Waals surface area (Å²) >= 11 is 0. The number of carbonyl (C=O) groups is 1. The molecule has 0 saturated heterocycles.